The number of nitrogens with zero attached hydrogens (tertiary/aromatic N) is 1. The van der Waals surface area contributed by atoms with Crippen LogP contribution >= 0.6 is 15.9 Å². The summed E-state index contributed by atoms with van der Waals surface area (Å²) < 4.78 is 5.69. The van der Waals surface area contributed by atoms with Crippen LogP contribution in [0.1, 0.15) is 16.2 Å². The molecule has 0 aliphatic carbocycles. The minimum atomic E-state index is -0.363. The Labute approximate surface area is 132 Å². The predicted octanol–water partition coefficient (Wildman–Crippen LogP) is 3.24. The molecular formula is C15H18BrN3O2. The maximum atomic E-state index is 11.4. The number of methoxy groups -OCH3 is 1. The second-order valence-corrected chi connectivity index (χ2v) is 5.71. The Kier molecular flexibility index (Phi) is 4.90. The molecule has 1 heterocycles. The van der Waals surface area contributed by atoms with E-state index in [2.05, 4.69) is 31.0 Å². The predicted molar refractivity (Wildman–Crippen MR) is 87.9 cm³/mol. The summed E-state index contributed by atoms with van der Waals surface area (Å²) in [6.07, 6.45) is 0. The van der Waals surface area contributed by atoms with Crippen molar-refractivity contribution < 1.29 is 9.53 Å². The van der Waals surface area contributed by atoms with Crippen molar-refractivity contribution in [3.8, 4) is 0 Å². The van der Waals surface area contributed by atoms with Crippen LogP contribution in [-0.2, 0) is 11.3 Å². The van der Waals surface area contributed by atoms with Crippen molar-refractivity contribution in [1.29, 1.82) is 0 Å². The number of carbonyl (C=O) groups is 1. The van der Waals surface area contributed by atoms with Gasteiger partial charge in [-0.2, -0.15) is 0 Å². The Morgan fingerprint density at radius 3 is 2.76 bits per heavy atom. The van der Waals surface area contributed by atoms with Crippen molar-refractivity contribution in [3.05, 3.63) is 46.2 Å². The van der Waals surface area contributed by atoms with Crippen molar-refractivity contribution in [3.63, 3.8) is 0 Å². The Bertz CT molecular complexity index is 638. The fourth-order valence-corrected chi connectivity index (χ4v) is 2.36. The number of ether oxygens (including phenoxy) is 1. The smallest absolute Gasteiger partial charge is 0.354 e. The van der Waals surface area contributed by atoms with Crippen LogP contribution in [0.4, 0.5) is 11.4 Å². The standard InChI is InChI=1S/C15H18BrN3O2/c1-19(2)14-7-4-10(16)8-13(14)17-9-11-5-6-12(18-11)15(20)21-3/h4-8,17-18H,9H2,1-3H3. The second-order valence-electron chi connectivity index (χ2n) is 4.80. The molecule has 0 radical (unpaired) electrons. The molecule has 0 aliphatic rings. The zero-order chi connectivity index (χ0) is 15.4. The number of halogens is 1. The zero-order valence-corrected chi connectivity index (χ0v) is 13.8. The Morgan fingerprint density at radius 1 is 1.33 bits per heavy atom. The third-order valence-corrected chi connectivity index (χ3v) is 3.55. The van der Waals surface area contributed by atoms with E-state index in [1.807, 2.05) is 43.3 Å². The van der Waals surface area contributed by atoms with E-state index < -0.39 is 0 Å². The minimum Gasteiger partial charge on any atom is -0.464 e. The van der Waals surface area contributed by atoms with Gasteiger partial charge in [0.1, 0.15) is 5.69 Å². The van der Waals surface area contributed by atoms with Crippen molar-refractivity contribution in [2.45, 2.75) is 6.54 Å². The van der Waals surface area contributed by atoms with Crippen LogP contribution in [-0.4, -0.2) is 32.2 Å². The van der Waals surface area contributed by atoms with Gasteiger partial charge in [0, 0.05) is 24.3 Å². The molecule has 21 heavy (non-hydrogen) atoms. The van der Waals surface area contributed by atoms with E-state index in [1.54, 1.807) is 6.07 Å². The molecule has 0 aliphatic heterocycles. The number of rotatable bonds is 5. The maximum absolute atomic E-state index is 11.4. The number of hydrogen-bond donors (Lipinski definition) is 2. The molecule has 1 aromatic carbocycles. The third kappa shape index (κ3) is 3.78. The molecule has 0 saturated heterocycles. The maximum Gasteiger partial charge on any atom is 0.354 e. The second kappa shape index (κ2) is 6.67. The number of aromatic amines is 1. The van der Waals surface area contributed by atoms with Gasteiger partial charge >= 0.3 is 5.97 Å². The van der Waals surface area contributed by atoms with Crippen LogP contribution < -0.4 is 10.2 Å². The summed E-state index contributed by atoms with van der Waals surface area (Å²) in [4.78, 5) is 16.5. The van der Waals surface area contributed by atoms with Crippen LogP contribution in [0.15, 0.2) is 34.8 Å². The molecule has 0 saturated carbocycles. The van der Waals surface area contributed by atoms with Crippen LogP contribution in [0.3, 0.4) is 0 Å². The average Bonchev–Trinajstić information content (AvgIpc) is 2.93. The summed E-state index contributed by atoms with van der Waals surface area (Å²) in [7, 11) is 5.36. The number of carbonyl (C=O) groups excluding carboxylic acids is 1. The largest absolute Gasteiger partial charge is 0.464 e. The lowest BCUT2D eigenvalue weighted by Crippen LogP contribution is -2.12. The highest BCUT2D eigenvalue weighted by Gasteiger charge is 2.09. The first kappa shape index (κ1) is 15.4. The summed E-state index contributed by atoms with van der Waals surface area (Å²) >= 11 is 3.48. The Hall–Kier alpha value is -1.95. The molecule has 1 aromatic heterocycles. The van der Waals surface area contributed by atoms with E-state index in [1.165, 1.54) is 7.11 Å². The van der Waals surface area contributed by atoms with E-state index in [4.69, 9.17) is 0 Å². The molecule has 2 aromatic rings. The molecule has 2 rings (SSSR count). The van der Waals surface area contributed by atoms with Gasteiger partial charge in [-0.25, -0.2) is 4.79 Å². The van der Waals surface area contributed by atoms with Crippen molar-refractivity contribution in [2.75, 3.05) is 31.4 Å². The Morgan fingerprint density at radius 2 is 2.10 bits per heavy atom. The zero-order valence-electron chi connectivity index (χ0n) is 12.2. The summed E-state index contributed by atoms with van der Waals surface area (Å²) in [6.45, 7) is 0.592. The quantitative estimate of drug-likeness (QED) is 0.812. The molecule has 6 heteroatoms. The van der Waals surface area contributed by atoms with Gasteiger partial charge in [-0.3, -0.25) is 0 Å². The topological polar surface area (TPSA) is 57.4 Å². The lowest BCUT2D eigenvalue weighted by Gasteiger charge is -2.18. The van der Waals surface area contributed by atoms with Gasteiger partial charge in [-0.15, -0.1) is 0 Å². The van der Waals surface area contributed by atoms with Crippen molar-refractivity contribution >= 4 is 33.3 Å². The number of benzene rings is 1. The van der Waals surface area contributed by atoms with E-state index in [0.717, 1.165) is 21.5 Å². The summed E-state index contributed by atoms with van der Waals surface area (Å²) in [5, 5.41) is 3.37. The minimum absolute atomic E-state index is 0.363. The highest BCUT2D eigenvalue weighted by atomic mass is 79.9. The fraction of sp³-hybridized carbons (Fsp3) is 0.267. The summed E-state index contributed by atoms with van der Waals surface area (Å²) in [5.74, 6) is -0.363. The summed E-state index contributed by atoms with van der Waals surface area (Å²) in [6, 6.07) is 9.66. The van der Waals surface area contributed by atoms with Crippen LogP contribution in [0, 0.1) is 0 Å². The van der Waals surface area contributed by atoms with E-state index in [9.17, 15) is 4.79 Å². The summed E-state index contributed by atoms with van der Waals surface area (Å²) in [5.41, 5.74) is 3.48. The average molecular weight is 352 g/mol. The van der Waals surface area contributed by atoms with Crippen molar-refractivity contribution in [1.82, 2.24) is 4.98 Å². The Balaban J connectivity index is 2.11. The van der Waals surface area contributed by atoms with Gasteiger partial charge < -0.3 is 19.9 Å². The molecule has 0 amide bonds. The van der Waals surface area contributed by atoms with Gasteiger partial charge in [-0.1, -0.05) is 15.9 Å². The van der Waals surface area contributed by atoms with Crippen LogP contribution in [0.5, 0.6) is 0 Å². The molecule has 0 fully saturated rings. The van der Waals surface area contributed by atoms with E-state index in [-0.39, 0.29) is 5.97 Å². The number of hydrogen-bond acceptors (Lipinski definition) is 4. The van der Waals surface area contributed by atoms with Gasteiger partial charge in [-0.05, 0) is 30.3 Å². The van der Waals surface area contributed by atoms with E-state index >= 15 is 0 Å². The molecule has 0 unspecified atom stereocenters. The van der Waals surface area contributed by atoms with Crippen LogP contribution in [0.2, 0.25) is 0 Å². The highest BCUT2D eigenvalue weighted by molar-refractivity contribution is 9.10. The fourth-order valence-electron chi connectivity index (χ4n) is 2.00. The first-order valence-electron chi connectivity index (χ1n) is 6.48. The molecule has 112 valence electrons. The van der Waals surface area contributed by atoms with Crippen molar-refractivity contribution in [2.24, 2.45) is 0 Å². The van der Waals surface area contributed by atoms with Gasteiger partial charge in [0.2, 0.25) is 0 Å². The third-order valence-electron chi connectivity index (χ3n) is 3.06. The van der Waals surface area contributed by atoms with E-state index in [0.29, 0.717) is 12.2 Å². The highest BCUT2D eigenvalue weighted by Crippen LogP contribution is 2.28. The molecule has 0 spiro atoms. The number of anilines is 2. The lowest BCUT2D eigenvalue weighted by molar-refractivity contribution is 0.0594. The van der Waals surface area contributed by atoms with Crippen LogP contribution in [0.25, 0.3) is 0 Å². The molecule has 2 N–H and O–H groups in total. The molecule has 0 bridgehead atoms. The first-order valence-corrected chi connectivity index (χ1v) is 7.27. The lowest BCUT2D eigenvalue weighted by atomic mass is 10.2. The number of H-pyrrole nitrogens is 1. The number of esters is 1. The monoisotopic (exact) mass is 351 g/mol. The first-order chi connectivity index (χ1) is 10.0. The molecular weight excluding hydrogens is 334 g/mol. The number of aromatic nitrogens is 1. The SMILES string of the molecule is COC(=O)c1ccc(CNc2cc(Br)ccc2N(C)C)[nH]1. The number of nitrogens with one attached hydrogen (secondary N) is 2. The molecule has 0 atom stereocenters. The van der Waals surface area contributed by atoms with Gasteiger partial charge in [0.05, 0.1) is 25.0 Å². The normalized spacial score (nSPS) is 10.3. The van der Waals surface area contributed by atoms with Gasteiger partial charge in [0.15, 0.2) is 0 Å². The van der Waals surface area contributed by atoms with Gasteiger partial charge in [0.25, 0.3) is 0 Å². The molecule has 5 nitrogen and oxygen atoms in total.